The van der Waals surface area contributed by atoms with Gasteiger partial charge in [-0.15, -0.1) is 0 Å². The van der Waals surface area contributed by atoms with Crippen LogP contribution in [-0.2, 0) is 14.8 Å². The highest BCUT2D eigenvalue weighted by molar-refractivity contribution is 7.92. The molecule has 6 nitrogen and oxygen atoms in total. The summed E-state index contributed by atoms with van der Waals surface area (Å²) in [4.78, 5) is 12.6. The second kappa shape index (κ2) is 10.6. The molecule has 0 bridgehead atoms. The Morgan fingerprint density at radius 3 is 2.24 bits per heavy atom. The smallest absolute Gasteiger partial charge is 0.264 e. The average Bonchev–Trinajstić information content (AvgIpc) is 2.76. The van der Waals surface area contributed by atoms with Gasteiger partial charge >= 0.3 is 0 Å². The fourth-order valence-electron chi connectivity index (χ4n) is 2.88. The highest BCUT2D eigenvalue weighted by Crippen LogP contribution is 2.26. The monoisotopic (exact) mass is 523 g/mol. The number of nitrogens with one attached hydrogen (secondary N) is 1. The van der Waals surface area contributed by atoms with Gasteiger partial charge in [-0.05, 0) is 73.5 Å². The largest absolute Gasteiger partial charge is 0.271 e. The molecule has 0 spiro atoms. The minimum Gasteiger partial charge on any atom is -0.271 e. The van der Waals surface area contributed by atoms with Crippen LogP contribution in [0, 0.1) is 13.8 Å². The molecule has 0 aliphatic carbocycles. The molecular formula is C23H20Cl3N3O3S. The van der Waals surface area contributed by atoms with Crippen molar-refractivity contribution in [2.75, 3.05) is 10.8 Å². The molecule has 0 aromatic heterocycles. The maximum Gasteiger partial charge on any atom is 0.264 e. The molecule has 0 aliphatic rings. The molecule has 0 radical (unpaired) electrons. The number of amides is 1. The maximum absolute atomic E-state index is 13.4. The highest BCUT2D eigenvalue weighted by atomic mass is 35.5. The van der Waals surface area contributed by atoms with Crippen LogP contribution in [0.1, 0.15) is 16.7 Å². The van der Waals surface area contributed by atoms with E-state index in [0.29, 0.717) is 26.3 Å². The Balaban J connectivity index is 1.87. The molecule has 3 rings (SSSR count). The number of carbonyl (C=O) groups is 1. The fourth-order valence-corrected chi connectivity index (χ4v) is 4.87. The first-order valence-corrected chi connectivity index (χ1v) is 12.3. The molecule has 0 saturated carbocycles. The van der Waals surface area contributed by atoms with Crippen LogP contribution in [0.25, 0.3) is 0 Å². The van der Waals surface area contributed by atoms with E-state index in [0.717, 1.165) is 15.4 Å². The zero-order valence-corrected chi connectivity index (χ0v) is 20.8. The van der Waals surface area contributed by atoms with Gasteiger partial charge < -0.3 is 0 Å². The third-order valence-corrected chi connectivity index (χ3v) is 7.43. The average molecular weight is 525 g/mol. The third-order valence-electron chi connectivity index (χ3n) is 4.82. The number of hydrogen-bond donors (Lipinski definition) is 1. The summed E-state index contributed by atoms with van der Waals surface area (Å²) in [5.41, 5.74) is 5.13. The van der Waals surface area contributed by atoms with Crippen molar-refractivity contribution in [3.63, 3.8) is 0 Å². The van der Waals surface area contributed by atoms with E-state index >= 15 is 0 Å². The summed E-state index contributed by atoms with van der Waals surface area (Å²) in [6.07, 6.45) is 1.35. The minimum absolute atomic E-state index is 0.00868. The van der Waals surface area contributed by atoms with E-state index < -0.39 is 22.5 Å². The molecule has 3 aromatic rings. The lowest BCUT2D eigenvalue weighted by Gasteiger charge is -2.24. The Morgan fingerprint density at radius 2 is 1.61 bits per heavy atom. The van der Waals surface area contributed by atoms with E-state index in [1.54, 1.807) is 36.4 Å². The predicted molar refractivity (Wildman–Crippen MR) is 134 cm³/mol. The molecular weight excluding hydrogens is 505 g/mol. The topological polar surface area (TPSA) is 78.8 Å². The molecule has 1 N–H and O–H groups in total. The first-order valence-electron chi connectivity index (χ1n) is 9.70. The summed E-state index contributed by atoms with van der Waals surface area (Å²) in [6, 6.07) is 15.7. The number of aryl methyl sites for hydroxylation is 2. The number of hydrazone groups is 1. The number of halogens is 3. The summed E-state index contributed by atoms with van der Waals surface area (Å²) in [6.45, 7) is 3.30. The molecule has 0 atom stereocenters. The van der Waals surface area contributed by atoms with E-state index in [-0.39, 0.29) is 4.90 Å². The van der Waals surface area contributed by atoms with Gasteiger partial charge in [0.25, 0.3) is 15.9 Å². The molecule has 33 heavy (non-hydrogen) atoms. The van der Waals surface area contributed by atoms with Gasteiger partial charge in [0, 0.05) is 15.6 Å². The second-order valence-electron chi connectivity index (χ2n) is 7.19. The van der Waals surface area contributed by atoms with Crippen LogP contribution in [0.15, 0.2) is 70.7 Å². The van der Waals surface area contributed by atoms with Crippen molar-refractivity contribution >= 4 is 62.6 Å². The quantitative estimate of drug-likeness (QED) is 0.322. The lowest BCUT2D eigenvalue weighted by Crippen LogP contribution is -2.39. The molecule has 1 amide bonds. The zero-order chi connectivity index (χ0) is 24.2. The summed E-state index contributed by atoms with van der Waals surface area (Å²) in [7, 11) is -4.06. The van der Waals surface area contributed by atoms with Crippen molar-refractivity contribution in [3.8, 4) is 0 Å². The predicted octanol–water partition coefficient (Wildman–Crippen LogP) is 5.61. The van der Waals surface area contributed by atoms with Gasteiger partial charge in [0.2, 0.25) is 0 Å². The highest BCUT2D eigenvalue weighted by Gasteiger charge is 2.27. The number of rotatable bonds is 7. The van der Waals surface area contributed by atoms with Crippen molar-refractivity contribution in [2.24, 2.45) is 5.10 Å². The van der Waals surface area contributed by atoms with Crippen molar-refractivity contribution in [1.82, 2.24) is 5.43 Å². The molecule has 172 valence electrons. The molecule has 3 aromatic carbocycles. The number of nitrogens with zero attached hydrogens (tertiary/aromatic N) is 2. The van der Waals surface area contributed by atoms with Crippen LogP contribution in [0.5, 0.6) is 0 Å². The number of hydrogen-bond acceptors (Lipinski definition) is 4. The SMILES string of the molecule is Cc1ccc(N(CC(=O)N/N=C\c2ccc(Cl)cc2Cl)S(=O)(=O)c2ccc(Cl)cc2)cc1C. The molecule has 0 unspecified atom stereocenters. The maximum atomic E-state index is 13.4. The summed E-state index contributed by atoms with van der Waals surface area (Å²) >= 11 is 17.9. The summed E-state index contributed by atoms with van der Waals surface area (Å²) < 4.78 is 27.8. The summed E-state index contributed by atoms with van der Waals surface area (Å²) in [5.74, 6) is -0.632. The van der Waals surface area contributed by atoms with Gasteiger partial charge in [-0.3, -0.25) is 9.10 Å². The van der Waals surface area contributed by atoms with E-state index in [1.807, 2.05) is 13.8 Å². The van der Waals surface area contributed by atoms with Gasteiger partial charge in [-0.1, -0.05) is 46.9 Å². The Morgan fingerprint density at radius 1 is 0.939 bits per heavy atom. The Kier molecular flexibility index (Phi) is 8.02. The van der Waals surface area contributed by atoms with Crippen molar-refractivity contribution in [1.29, 1.82) is 0 Å². The number of sulfonamides is 1. The van der Waals surface area contributed by atoms with Crippen LogP contribution in [0.4, 0.5) is 5.69 Å². The van der Waals surface area contributed by atoms with Crippen molar-refractivity contribution < 1.29 is 13.2 Å². The lowest BCUT2D eigenvalue weighted by molar-refractivity contribution is -0.119. The Labute approximate surface area is 207 Å². The standard InChI is InChI=1S/C23H20Cl3N3O3S/c1-15-3-8-20(11-16(15)2)29(33(31,32)21-9-6-18(24)7-10-21)14-23(30)28-27-13-17-4-5-19(25)12-22(17)26/h3-13H,14H2,1-2H3,(H,28,30)/b27-13-. The second-order valence-corrected chi connectivity index (χ2v) is 10.3. The Bertz CT molecular complexity index is 1310. The fraction of sp³-hybridized carbons (Fsp3) is 0.130. The number of anilines is 1. The zero-order valence-electron chi connectivity index (χ0n) is 17.7. The lowest BCUT2D eigenvalue weighted by atomic mass is 10.1. The van der Waals surface area contributed by atoms with Gasteiger partial charge in [0.15, 0.2) is 0 Å². The first-order chi connectivity index (χ1) is 15.6. The van der Waals surface area contributed by atoms with Crippen LogP contribution in [-0.4, -0.2) is 27.1 Å². The molecule has 10 heteroatoms. The number of benzene rings is 3. The van der Waals surface area contributed by atoms with Gasteiger partial charge in [-0.2, -0.15) is 5.10 Å². The Hall–Kier alpha value is -2.58. The first kappa shape index (κ1) is 25.1. The van der Waals surface area contributed by atoms with Gasteiger partial charge in [-0.25, -0.2) is 13.8 Å². The number of carbonyl (C=O) groups excluding carboxylic acids is 1. The molecule has 0 fully saturated rings. The molecule has 0 aliphatic heterocycles. The molecule has 0 saturated heterocycles. The van der Waals surface area contributed by atoms with Crippen molar-refractivity contribution in [2.45, 2.75) is 18.7 Å². The van der Waals surface area contributed by atoms with Crippen molar-refractivity contribution in [3.05, 3.63) is 92.4 Å². The van der Waals surface area contributed by atoms with Gasteiger partial charge in [0.1, 0.15) is 6.54 Å². The molecule has 0 heterocycles. The minimum atomic E-state index is -4.06. The normalized spacial score (nSPS) is 11.5. The van der Waals surface area contributed by atoms with Crippen LogP contribution in [0.2, 0.25) is 15.1 Å². The van der Waals surface area contributed by atoms with Gasteiger partial charge in [0.05, 0.1) is 21.8 Å². The van der Waals surface area contributed by atoms with E-state index in [2.05, 4.69) is 10.5 Å². The van der Waals surface area contributed by atoms with Crippen LogP contribution in [0.3, 0.4) is 0 Å². The van der Waals surface area contributed by atoms with E-state index in [9.17, 15) is 13.2 Å². The van der Waals surface area contributed by atoms with E-state index in [1.165, 1.54) is 30.5 Å². The third kappa shape index (κ3) is 6.26. The summed E-state index contributed by atoms with van der Waals surface area (Å²) in [5, 5.41) is 5.12. The van der Waals surface area contributed by atoms with Crippen LogP contribution >= 0.6 is 34.8 Å². The van der Waals surface area contributed by atoms with Crippen LogP contribution < -0.4 is 9.73 Å². The van der Waals surface area contributed by atoms with E-state index in [4.69, 9.17) is 34.8 Å².